The van der Waals surface area contributed by atoms with E-state index in [9.17, 15) is 4.79 Å². The van der Waals surface area contributed by atoms with Crippen molar-refractivity contribution in [3.8, 4) is 11.5 Å². The van der Waals surface area contributed by atoms with E-state index in [-0.39, 0.29) is 12.0 Å². The Balaban J connectivity index is 2.10. The number of nitrogens with one attached hydrogen (secondary N) is 1. The average molecular weight is 265 g/mol. The maximum atomic E-state index is 12.1. The van der Waals surface area contributed by atoms with Crippen molar-refractivity contribution in [3.05, 3.63) is 18.2 Å². The van der Waals surface area contributed by atoms with E-state index in [2.05, 4.69) is 5.32 Å². The molecule has 1 saturated heterocycles. The van der Waals surface area contributed by atoms with Crippen molar-refractivity contribution in [2.75, 3.05) is 26.1 Å². The zero-order valence-corrected chi connectivity index (χ0v) is 11.3. The van der Waals surface area contributed by atoms with E-state index in [1.165, 1.54) is 0 Å². The highest BCUT2D eigenvalue weighted by atomic mass is 16.5. The van der Waals surface area contributed by atoms with E-state index in [0.717, 1.165) is 19.3 Å². The number of anilines is 1. The van der Waals surface area contributed by atoms with Crippen LogP contribution < -0.4 is 14.8 Å². The van der Waals surface area contributed by atoms with Gasteiger partial charge in [0.2, 0.25) is 0 Å². The van der Waals surface area contributed by atoms with Crippen molar-refractivity contribution in [2.45, 2.75) is 25.4 Å². The van der Waals surface area contributed by atoms with Gasteiger partial charge >= 0.3 is 0 Å². The Bertz CT molecular complexity index is 441. The highest BCUT2D eigenvalue weighted by molar-refractivity contribution is 5.95. The third-order valence-corrected chi connectivity index (χ3v) is 3.14. The maximum Gasteiger partial charge on any atom is 0.253 e. The molecule has 0 aromatic heterocycles. The summed E-state index contributed by atoms with van der Waals surface area (Å²) in [5.74, 6) is 1.14. The molecule has 1 atom stereocenters. The third kappa shape index (κ3) is 3.38. The molecule has 0 radical (unpaired) electrons. The first-order chi connectivity index (χ1) is 9.24. The molecule has 1 aliphatic rings. The van der Waals surface area contributed by atoms with E-state index >= 15 is 0 Å². The Kier molecular flexibility index (Phi) is 4.63. The molecular weight excluding hydrogens is 246 g/mol. The molecule has 1 aromatic rings. The van der Waals surface area contributed by atoms with Gasteiger partial charge in [0.25, 0.3) is 5.91 Å². The Morgan fingerprint density at radius 2 is 2.16 bits per heavy atom. The van der Waals surface area contributed by atoms with Crippen LogP contribution in [0.4, 0.5) is 5.69 Å². The van der Waals surface area contributed by atoms with Gasteiger partial charge in [-0.2, -0.15) is 0 Å². The quantitative estimate of drug-likeness (QED) is 0.906. The Labute approximate surface area is 112 Å². The summed E-state index contributed by atoms with van der Waals surface area (Å²) in [6.07, 6.45) is 2.43. The van der Waals surface area contributed by atoms with Gasteiger partial charge in [-0.05, 0) is 31.4 Å². The van der Waals surface area contributed by atoms with Gasteiger partial charge in [0.05, 0.1) is 19.9 Å². The highest BCUT2D eigenvalue weighted by Gasteiger charge is 2.22. The molecule has 5 nitrogen and oxygen atoms in total. The minimum Gasteiger partial charge on any atom is -0.497 e. The summed E-state index contributed by atoms with van der Waals surface area (Å²) in [5, 5.41) is 2.84. The second kappa shape index (κ2) is 6.43. The summed E-state index contributed by atoms with van der Waals surface area (Å²) in [5.41, 5.74) is 0.598. The summed E-state index contributed by atoms with van der Waals surface area (Å²) in [6, 6.07) is 5.28. The lowest BCUT2D eigenvalue weighted by molar-refractivity contribution is -0.129. The fraction of sp³-hybridized carbons (Fsp3) is 0.500. The average Bonchev–Trinajstić information content (AvgIpc) is 2.48. The summed E-state index contributed by atoms with van der Waals surface area (Å²) in [4.78, 5) is 12.1. The molecule has 0 spiro atoms. The maximum absolute atomic E-state index is 12.1. The minimum absolute atomic E-state index is 0.133. The molecule has 1 fully saturated rings. The van der Waals surface area contributed by atoms with Crippen LogP contribution in [0.15, 0.2) is 18.2 Å². The van der Waals surface area contributed by atoms with Crippen LogP contribution in [0, 0.1) is 0 Å². The molecule has 2 rings (SSSR count). The summed E-state index contributed by atoms with van der Waals surface area (Å²) in [6.45, 7) is 0.646. The van der Waals surface area contributed by atoms with Crippen molar-refractivity contribution in [2.24, 2.45) is 0 Å². The predicted molar refractivity (Wildman–Crippen MR) is 71.8 cm³/mol. The van der Waals surface area contributed by atoms with E-state index in [1.54, 1.807) is 32.4 Å². The fourth-order valence-corrected chi connectivity index (χ4v) is 2.07. The van der Waals surface area contributed by atoms with Gasteiger partial charge in [-0.25, -0.2) is 0 Å². The van der Waals surface area contributed by atoms with Crippen LogP contribution in [0.25, 0.3) is 0 Å². The molecule has 104 valence electrons. The molecule has 5 heteroatoms. The second-order valence-electron chi connectivity index (χ2n) is 4.41. The molecule has 1 amide bonds. The minimum atomic E-state index is -0.371. The molecule has 19 heavy (non-hydrogen) atoms. The largest absolute Gasteiger partial charge is 0.497 e. The van der Waals surface area contributed by atoms with Crippen molar-refractivity contribution < 1.29 is 19.0 Å². The number of amides is 1. The molecule has 1 aromatic carbocycles. The number of benzene rings is 1. The predicted octanol–water partition coefficient (Wildman–Crippen LogP) is 2.21. The fourth-order valence-electron chi connectivity index (χ4n) is 2.07. The SMILES string of the molecule is COc1ccc(OC)c(NC(=O)C2CCCCO2)c1. The number of carbonyl (C=O) groups is 1. The van der Waals surface area contributed by atoms with Crippen molar-refractivity contribution in [1.29, 1.82) is 0 Å². The lowest BCUT2D eigenvalue weighted by Gasteiger charge is -2.22. The van der Waals surface area contributed by atoms with Gasteiger partial charge in [0.1, 0.15) is 17.6 Å². The first-order valence-electron chi connectivity index (χ1n) is 6.39. The normalized spacial score (nSPS) is 18.7. The van der Waals surface area contributed by atoms with Gasteiger partial charge in [-0.15, -0.1) is 0 Å². The molecule has 0 bridgehead atoms. The standard InChI is InChI=1S/C14H19NO4/c1-17-10-6-7-12(18-2)11(9-10)15-14(16)13-5-3-4-8-19-13/h6-7,9,13H,3-5,8H2,1-2H3,(H,15,16). The zero-order valence-electron chi connectivity index (χ0n) is 11.3. The first-order valence-corrected chi connectivity index (χ1v) is 6.39. The molecular formula is C14H19NO4. The number of hydrogen-bond acceptors (Lipinski definition) is 4. The number of rotatable bonds is 4. The van der Waals surface area contributed by atoms with Crippen LogP contribution in [0.5, 0.6) is 11.5 Å². The molecule has 1 N–H and O–H groups in total. The van der Waals surface area contributed by atoms with Gasteiger partial charge in [-0.3, -0.25) is 4.79 Å². The van der Waals surface area contributed by atoms with Gasteiger partial charge < -0.3 is 19.5 Å². The first kappa shape index (κ1) is 13.7. The molecule has 1 unspecified atom stereocenters. The monoisotopic (exact) mass is 265 g/mol. The van der Waals surface area contributed by atoms with E-state index in [0.29, 0.717) is 23.8 Å². The molecule has 1 aliphatic heterocycles. The van der Waals surface area contributed by atoms with Crippen LogP contribution in [-0.2, 0) is 9.53 Å². The van der Waals surface area contributed by atoms with Gasteiger partial charge in [-0.1, -0.05) is 0 Å². The zero-order chi connectivity index (χ0) is 13.7. The Hall–Kier alpha value is -1.75. The highest BCUT2D eigenvalue weighted by Crippen LogP contribution is 2.29. The molecule has 0 saturated carbocycles. The smallest absolute Gasteiger partial charge is 0.253 e. The number of hydrogen-bond donors (Lipinski definition) is 1. The van der Waals surface area contributed by atoms with Crippen LogP contribution >= 0.6 is 0 Å². The second-order valence-corrected chi connectivity index (χ2v) is 4.41. The summed E-state index contributed by atoms with van der Waals surface area (Å²) < 4.78 is 15.8. The van der Waals surface area contributed by atoms with E-state index in [4.69, 9.17) is 14.2 Å². The Morgan fingerprint density at radius 1 is 1.32 bits per heavy atom. The lowest BCUT2D eigenvalue weighted by atomic mass is 10.1. The van der Waals surface area contributed by atoms with E-state index < -0.39 is 0 Å². The van der Waals surface area contributed by atoms with Crippen molar-refractivity contribution >= 4 is 11.6 Å². The number of carbonyl (C=O) groups excluding carboxylic acids is 1. The van der Waals surface area contributed by atoms with Crippen molar-refractivity contribution in [1.82, 2.24) is 0 Å². The number of ether oxygens (including phenoxy) is 3. The van der Waals surface area contributed by atoms with Gasteiger partial charge in [0.15, 0.2) is 0 Å². The third-order valence-electron chi connectivity index (χ3n) is 3.14. The molecule has 0 aliphatic carbocycles. The number of methoxy groups -OCH3 is 2. The van der Waals surface area contributed by atoms with Crippen LogP contribution in [0.1, 0.15) is 19.3 Å². The Morgan fingerprint density at radius 3 is 2.79 bits per heavy atom. The van der Waals surface area contributed by atoms with E-state index in [1.807, 2.05) is 0 Å². The summed E-state index contributed by atoms with van der Waals surface area (Å²) >= 11 is 0. The molecule has 1 heterocycles. The topological polar surface area (TPSA) is 56.8 Å². The van der Waals surface area contributed by atoms with Crippen molar-refractivity contribution in [3.63, 3.8) is 0 Å². The van der Waals surface area contributed by atoms with Crippen LogP contribution in [0.2, 0.25) is 0 Å². The summed E-state index contributed by atoms with van der Waals surface area (Å²) in [7, 11) is 3.15. The van der Waals surface area contributed by atoms with Crippen LogP contribution in [0.3, 0.4) is 0 Å². The van der Waals surface area contributed by atoms with Crippen LogP contribution in [-0.4, -0.2) is 32.8 Å². The van der Waals surface area contributed by atoms with Gasteiger partial charge in [0, 0.05) is 12.7 Å². The lowest BCUT2D eigenvalue weighted by Crippen LogP contribution is -2.33.